The van der Waals surface area contributed by atoms with E-state index in [-0.39, 0.29) is 0 Å². The molecule has 0 N–H and O–H groups in total. The molecule has 0 amide bonds. The Kier molecular flexibility index (Phi) is 4.18. The van der Waals surface area contributed by atoms with Crippen LogP contribution in [0.4, 0.5) is 0 Å². The first-order valence-corrected chi connectivity index (χ1v) is 5.94. The van der Waals surface area contributed by atoms with Crippen LogP contribution in [0.25, 0.3) is 0 Å². The number of halogens is 2. The zero-order chi connectivity index (χ0) is 13.0. The molecule has 1 heterocycles. The number of hydrogen-bond acceptors (Lipinski definition) is 3. The van der Waals surface area contributed by atoms with E-state index in [4.69, 9.17) is 27.9 Å². The quantitative estimate of drug-likeness (QED) is 0.634. The second-order valence-electron chi connectivity index (χ2n) is 3.55. The summed E-state index contributed by atoms with van der Waals surface area (Å²) in [6.45, 7) is 0.297. The fourth-order valence-electron chi connectivity index (χ4n) is 1.41. The lowest BCUT2D eigenvalue weighted by molar-refractivity contribution is 0.107. The average molecular weight is 282 g/mol. The molecule has 0 radical (unpaired) electrons. The van der Waals surface area contributed by atoms with E-state index in [0.717, 1.165) is 5.56 Å². The van der Waals surface area contributed by atoms with Crippen molar-refractivity contribution in [1.82, 2.24) is 4.98 Å². The number of pyridine rings is 1. The standard InChI is InChI=1S/C13H9Cl2NO2/c14-12-6-5-9(7-16-12)8-18-11-4-2-1-3-10(11)13(15)17/h1-7H,8H2. The molecule has 2 aromatic rings. The molecule has 18 heavy (non-hydrogen) atoms. The summed E-state index contributed by atoms with van der Waals surface area (Å²) in [5, 5.41) is -0.116. The minimum atomic E-state index is -0.542. The first-order valence-electron chi connectivity index (χ1n) is 5.19. The van der Waals surface area contributed by atoms with Crippen molar-refractivity contribution in [2.45, 2.75) is 6.61 Å². The first-order chi connectivity index (χ1) is 8.66. The molecule has 0 saturated carbocycles. The molecule has 0 spiro atoms. The van der Waals surface area contributed by atoms with E-state index >= 15 is 0 Å². The Bertz CT molecular complexity index is 555. The Labute approximate surface area is 114 Å². The number of para-hydroxylation sites is 1. The van der Waals surface area contributed by atoms with E-state index in [9.17, 15) is 4.79 Å². The number of benzene rings is 1. The van der Waals surface area contributed by atoms with E-state index in [1.807, 2.05) is 0 Å². The number of hydrogen-bond donors (Lipinski definition) is 0. The molecule has 0 fully saturated rings. The fraction of sp³-hybridized carbons (Fsp3) is 0.0769. The molecule has 1 aromatic heterocycles. The maximum Gasteiger partial charge on any atom is 0.256 e. The van der Waals surface area contributed by atoms with Gasteiger partial charge in [-0.1, -0.05) is 29.8 Å². The maximum atomic E-state index is 11.2. The van der Waals surface area contributed by atoms with Gasteiger partial charge in [-0.05, 0) is 29.8 Å². The van der Waals surface area contributed by atoms with Crippen LogP contribution in [0.15, 0.2) is 42.6 Å². The summed E-state index contributed by atoms with van der Waals surface area (Å²) in [4.78, 5) is 15.1. The highest BCUT2D eigenvalue weighted by molar-refractivity contribution is 6.68. The van der Waals surface area contributed by atoms with Gasteiger partial charge in [0.25, 0.3) is 5.24 Å². The van der Waals surface area contributed by atoms with Crippen LogP contribution in [0.1, 0.15) is 15.9 Å². The van der Waals surface area contributed by atoms with Crippen LogP contribution in [0.2, 0.25) is 5.15 Å². The van der Waals surface area contributed by atoms with Crippen molar-refractivity contribution in [2.75, 3.05) is 0 Å². The minimum Gasteiger partial charge on any atom is -0.488 e. The van der Waals surface area contributed by atoms with Gasteiger partial charge in [-0.3, -0.25) is 4.79 Å². The van der Waals surface area contributed by atoms with E-state index in [0.29, 0.717) is 23.1 Å². The van der Waals surface area contributed by atoms with Crippen LogP contribution in [-0.4, -0.2) is 10.2 Å². The van der Waals surface area contributed by atoms with Gasteiger partial charge < -0.3 is 4.74 Å². The molecule has 0 atom stereocenters. The largest absolute Gasteiger partial charge is 0.488 e. The van der Waals surface area contributed by atoms with Gasteiger partial charge in [-0.2, -0.15) is 0 Å². The third-order valence-electron chi connectivity index (χ3n) is 2.28. The average Bonchev–Trinajstić information content (AvgIpc) is 2.38. The molecule has 0 unspecified atom stereocenters. The van der Waals surface area contributed by atoms with Crippen LogP contribution < -0.4 is 4.74 Å². The Morgan fingerprint density at radius 2 is 2.00 bits per heavy atom. The van der Waals surface area contributed by atoms with Gasteiger partial charge >= 0.3 is 0 Å². The topological polar surface area (TPSA) is 39.2 Å². The predicted molar refractivity (Wildman–Crippen MR) is 70.2 cm³/mol. The van der Waals surface area contributed by atoms with Crippen molar-refractivity contribution in [1.29, 1.82) is 0 Å². The van der Waals surface area contributed by atoms with Gasteiger partial charge in [0.15, 0.2) is 0 Å². The molecular formula is C13H9Cl2NO2. The summed E-state index contributed by atoms with van der Waals surface area (Å²) in [6, 6.07) is 10.3. The molecule has 0 aliphatic heterocycles. The van der Waals surface area contributed by atoms with Gasteiger partial charge in [-0.15, -0.1) is 0 Å². The summed E-state index contributed by atoms with van der Waals surface area (Å²) < 4.78 is 5.54. The highest BCUT2D eigenvalue weighted by Gasteiger charge is 2.09. The molecule has 2 rings (SSSR count). The molecule has 0 saturated heterocycles. The minimum absolute atomic E-state index is 0.297. The van der Waals surface area contributed by atoms with E-state index in [1.54, 1.807) is 42.6 Å². The summed E-state index contributed by atoms with van der Waals surface area (Å²) in [7, 11) is 0. The number of ether oxygens (including phenoxy) is 1. The number of carbonyl (C=O) groups is 1. The molecule has 1 aromatic carbocycles. The van der Waals surface area contributed by atoms with E-state index in [1.165, 1.54) is 0 Å². The van der Waals surface area contributed by atoms with Crippen molar-refractivity contribution >= 4 is 28.4 Å². The van der Waals surface area contributed by atoms with Crippen LogP contribution in [-0.2, 0) is 6.61 Å². The Hall–Kier alpha value is -1.58. The monoisotopic (exact) mass is 281 g/mol. The highest BCUT2D eigenvalue weighted by Crippen LogP contribution is 2.21. The Morgan fingerprint density at radius 1 is 1.22 bits per heavy atom. The molecular weight excluding hydrogens is 273 g/mol. The number of aromatic nitrogens is 1. The third-order valence-corrected chi connectivity index (χ3v) is 2.71. The molecule has 5 heteroatoms. The van der Waals surface area contributed by atoms with Crippen LogP contribution >= 0.6 is 23.2 Å². The fourth-order valence-corrected chi connectivity index (χ4v) is 1.68. The van der Waals surface area contributed by atoms with Gasteiger partial charge in [-0.25, -0.2) is 4.98 Å². The summed E-state index contributed by atoms with van der Waals surface area (Å²) in [6.07, 6.45) is 1.62. The molecule has 3 nitrogen and oxygen atoms in total. The van der Waals surface area contributed by atoms with Crippen molar-refractivity contribution in [3.05, 3.63) is 58.9 Å². The first kappa shape index (κ1) is 12.9. The highest BCUT2D eigenvalue weighted by atomic mass is 35.5. The normalized spacial score (nSPS) is 10.1. The Morgan fingerprint density at radius 3 is 2.67 bits per heavy atom. The lowest BCUT2D eigenvalue weighted by Crippen LogP contribution is -2.00. The van der Waals surface area contributed by atoms with Crippen molar-refractivity contribution in [3.63, 3.8) is 0 Å². The van der Waals surface area contributed by atoms with Gasteiger partial charge in [0.05, 0.1) is 5.56 Å². The third kappa shape index (κ3) is 3.22. The second-order valence-corrected chi connectivity index (χ2v) is 4.28. The number of carbonyl (C=O) groups excluding carboxylic acids is 1. The summed E-state index contributed by atoms with van der Waals surface area (Å²) in [5.41, 5.74) is 1.21. The smallest absolute Gasteiger partial charge is 0.256 e. The van der Waals surface area contributed by atoms with Crippen molar-refractivity contribution in [3.8, 4) is 5.75 Å². The SMILES string of the molecule is O=C(Cl)c1ccccc1OCc1ccc(Cl)nc1. The molecule has 0 aliphatic rings. The van der Waals surface area contributed by atoms with Crippen LogP contribution in [0.3, 0.4) is 0 Å². The molecule has 0 aliphatic carbocycles. The number of nitrogens with zero attached hydrogens (tertiary/aromatic N) is 1. The van der Waals surface area contributed by atoms with Crippen molar-refractivity contribution < 1.29 is 9.53 Å². The van der Waals surface area contributed by atoms with E-state index < -0.39 is 5.24 Å². The van der Waals surface area contributed by atoms with E-state index in [2.05, 4.69) is 4.98 Å². The lowest BCUT2D eigenvalue weighted by Gasteiger charge is -2.08. The Balaban J connectivity index is 2.10. The molecule has 92 valence electrons. The summed E-state index contributed by atoms with van der Waals surface area (Å²) in [5.74, 6) is 0.451. The summed E-state index contributed by atoms with van der Waals surface area (Å²) >= 11 is 11.1. The van der Waals surface area contributed by atoms with Gasteiger partial charge in [0.1, 0.15) is 17.5 Å². The van der Waals surface area contributed by atoms with Crippen LogP contribution in [0, 0.1) is 0 Å². The number of rotatable bonds is 4. The maximum absolute atomic E-state index is 11.2. The van der Waals surface area contributed by atoms with Gasteiger partial charge in [0, 0.05) is 11.8 Å². The zero-order valence-corrected chi connectivity index (χ0v) is 10.8. The second kappa shape index (κ2) is 5.85. The predicted octanol–water partition coefficient (Wildman–Crippen LogP) is 3.69. The zero-order valence-electron chi connectivity index (χ0n) is 9.27. The van der Waals surface area contributed by atoms with Crippen molar-refractivity contribution in [2.24, 2.45) is 0 Å². The molecule has 0 bridgehead atoms. The van der Waals surface area contributed by atoms with Gasteiger partial charge in [0.2, 0.25) is 0 Å². The lowest BCUT2D eigenvalue weighted by atomic mass is 10.2. The van der Waals surface area contributed by atoms with Crippen LogP contribution in [0.5, 0.6) is 5.75 Å².